The fourth-order valence-electron chi connectivity index (χ4n) is 4.80. The summed E-state index contributed by atoms with van der Waals surface area (Å²) in [6, 6.07) is 23.3. The van der Waals surface area contributed by atoms with Gasteiger partial charge < -0.3 is 9.16 Å². The lowest BCUT2D eigenvalue weighted by atomic mass is 10.2. The van der Waals surface area contributed by atoms with Gasteiger partial charge in [0.1, 0.15) is 5.82 Å². The van der Waals surface area contributed by atoms with Crippen molar-refractivity contribution in [3.8, 4) is 0 Å². The van der Waals surface area contributed by atoms with E-state index in [1.807, 2.05) is 43.3 Å². The third kappa shape index (κ3) is 4.65. The van der Waals surface area contributed by atoms with Crippen molar-refractivity contribution in [2.75, 3.05) is 13.7 Å². The molecule has 3 aromatic carbocycles. The molecule has 1 heterocycles. The third-order valence-electron chi connectivity index (χ3n) is 6.49. The molecule has 4 rings (SSSR count). The number of halogens is 2. The molecule has 8 heteroatoms. The maximum absolute atomic E-state index is 14.3. The number of carbonyl (C=O) groups is 1. The van der Waals surface area contributed by atoms with E-state index in [2.05, 4.69) is 66.1 Å². The van der Waals surface area contributed by atoms with Crippen molar-refractivity contribution in [2.45, 2.75) is 38.8 Å². The van der Waals surface area contributed by atoms with E-state index in [1.165, 1.54) is 23.5 Å². The first-order valence-electron chi connectivity index (χ1n) is 11.8. The van der Waals surface area contributed by atoms with E-state index in [4.69, 9.17) is 9.16 Å². The number of methoxy groups -OCH3 is 1. The van der Waals surface area contributed by atoms with E-state index in [9.17, 15) is 9.18 Å². The average Bonchev–Trinajstić information content (AvgIpc) is 3.22. The summed E-state index contributed by atoms with van der Waals surface area (Å²) in [5.74, 6) is -0.979. The summed E-state index contributed by atoms with van der Waals surface area (Å²) in [4.78, 5) is 12.8. The predicted octanol–water partition coefficient (Wildman–Crippen LogP) is 5.86. The first kappa shape index (κ1) is 26.3. The van der Waals surface area contributed by atoms with E-state index in [0.29, 0.717) is 17.5 Å². The maximum Gasteiger partial charge on any atom is 0.356 e. The van der Waals surface area contributed by atoms with Crippen molar-refractivity contribution in [3.05, 3.63) is 88.8 Å². The van der Waals surface area contributed by atoms with Gasteiger partial charge in [-0.15, -0.1) is 0 Å². The zero-order valence-electron chi connectivity index (χ0n) is 21.1. The van der Waals surface area contributed by atoms with E-state index >= 15 is 0 Å². The molecule has 0 aliphatic heterocycles. The summed E-state index contributed by atoms with van der Waals surface area (Å²) in [5.41, 5.74) is 0.653. The van der Waals surface area contributed by atoms with Crippen LogP contribution in [-0.2, 0) is 9.16 Å². The minimum atomic E-state index is -2.78. The normalized spacial score (nSPS) is 13.1. The van der Waals surface area contributed by atoms with Crippen LogP contribution in [0.5, 0.6) is 0 Å². The van der Waals surface area contributed by atoms with Gasteiger partial charge in [0.05, 0.1) is 29.7 Å². The third-order valence-corrected chi connectivity index (χ3v) is 12.1. The fraction of sp³-hybridized carbons (Fsp3) is 0.286. The molecule has 0 amide bonds. The number of fused-ring (bicyclic) bond motifs is 1. The monoisotopic (exact) mass is 568 g/mol. The molecule has 0 bridgehead atoms. The molecule has 1 aromatic heterocycles. The summed E-state index contributed by atoms with van der Waals surface area (Å²) in [6.45, 7) is 8.89. The Labute approximate surface area is 220 Å². The maximum atomic E-state index is 14.3. The molecule has 4 aromatic rings. The Balaban J connectivity index is 1.81. The number of esters is 1. The number of carbonyl (C=O) groups excluding carboxylic acids is 1. The molecule has 1 atom stereocenters. The van der Waals surface area contributed by atoms with E-state index < -0.39 is 20.1 Å². The lowest BCUT2D eigenvalue weighted by molar-refractivity contribution is 0.0584. The number of ether oxygens (including phenoxy) is 1. The Morgan fingerprint density at radius 2 is 1.61 bits per heavy atom. The zero-order valence-corrected chi connectivity index (χ0v) is 23.7. The van der Waals surface area contributed by atoms with Gasteiger partial charge in [0.15, 0.2) is 5.69 Å². The van der Waals surface area contributed by atoms with Crippen LogP contribution in [0.15, 0.2) is 77.3 Å². The van der Waals surface area contributed by atoms with Crippen LogP contribution in [0.1, 0.15) is 44.2 Å². The Morgan fingerprint density at radius 1 is 1.06 bits per heavy atom. The van der Waals surface area contributed by atoms with Crippen LogP contribution in [0.25, 0.3) is 10.9 Å². The highest BCUT2D eigenvalue weighted by Crippen LogP contribution is 2.37. The van der Waals surface area contributed by atoms with Gasteiger partial charge in [-0.3, -0.25) is 4.68 Å². The fourth-order valence-corrected chi connectivity index (χ4v) is 9.79. The Bertz CT molecular complexity index is 1330. The molecule has 0 fully saturated rings. The van der Waals surface area contributed by atoms with E-state index in [-0.39, 0.29) is 21.2 Å². The molecule has 5 nitrogen and oxygen atoms in total. The minimum Gasteiger partial charge on any atom is -0.464 e. The molecule has 0 saturated carbocycles. The van der Waals surface area contributed by atoms with Gasteiger partial charge >= 0.3 is 5.97 Å². The molecular formula is C28H30BrFN2O3Si. The van der Waals surface area contributed by atoms with Gasteiger partial charge in [-0.2, -0.15) is 5.10 Å². The number of hydrogen-bond donors (Lipinski definition) is 0. The molecule has 0 radical (unpaired) electrons. The second-order valence-electron chi connectivity index (χ2n) is 9.89. The van der Waals surface area contributed by atoms with Crippen LogP contribution in [0, 0.1) is 5.82 Å². The summed E-state index contributed by atoms with van der Waals surface area (Å²) < 4.78 is 28.2. The van der Waals surface area contributed by atoms with Crippen LogP contribution in [-0.4, -0.2) is 37.8 Å². The lowest BCUT2D eigenvalue weighted by Crippen LogP contribution is -2.66. The van der Waals surface area contributed by atoms with Gasteiger partial charge in [0.25, 0.3) is 8.32 Å². The highest BCUT2D eigenvalue weighted by atomic mass is 79.9. The van der Waals surface area contributed by atoms with Gasteiger partial charge in [0, 0.05) is 11.5 Å². The zero-order chi connectivity index (χ0) is 26.1. The topological polar surface area (TPSA) is 53.3 Å². The highest BCUT2D eigenvalue weighted by Gasteiger charge is 2.50. The largest absolute Gasteiger partial charge is 0.464 e. The SMILES string of the molecule is COC(=O)c1c2cc(Br)c(F)cc2nn1[C@@H](C)CO[Si](c1ccccc1)(c1ccccc1)C(C)(C)C. The van der Waals surface area contributed by atoms with Crippen LogP contribution in [0.2, 0.25) is 5.04 Å². The summed E-state index contributed by atoms with van der Waals surface area (Å²) in [6.07, 6.45) is 0. The van der Waals surface area contributed by atoms with Crippen LogP contribution >= 0.6 is 15.9 Å². The summed E-state index contributed by atoms with van der Waals surface area (Å²) in [5, 5.41) is 7.25. The smallest absolute Gasteiger partial charge is 0.356 e. The average molecular weight is 570 g/mol. The van der Waals surface area contributed by atoms with Crippen molar-refractivity contribution in [2.24, 2.45) is 0 Å². The Morgan fingerprint density at radius 3 is 2.11 bits per heavy atom. The Kier molecular flexibility index (Phi) is 7.50. The van der Waals surface area contributed by atoms with Gasteiger partial charge in [0.2, 0.25) is 0 Å². The minimum absolute atomic E-state index is 0.191. The number of hydrogen-bond acceptors (Lipinski definition) is 4. The molecule has 0 N–H and O–H groups in total. The molecule has 0 unspecified atom stereocenters. The van der Waals surface area contributed by atoms with Crippen molar-refractivity contribution < 1.29 is 18.3 Å². The molecule has 0 saturated heterocycles. The lowest BCUT2D eigenvalue weighted by Gasteiger charge is -2.43. The van der Waals surface area contributed by atoms with Crippen molar-refractivity contribution in [1.29, 1.82) is 0 Å². The van der Waals surface area contributed by atoms with E-state index in [0.717, 1.165) is 0 Å². The molecule has 188 valence electrons. The second kappa shape index (κ2) is 10.3. The van der Waals surface area contributed by atoms with Crippen molar-refractivity contribution in [1.82, 2.24) is 9.78 Å². The van der Waals surface area contributed by atoms with Gasteiger partial charge in [-0.1, -0.05) is 81.4 Å². The number of nitrogens with zero attached hydrogens (tertiary/aromatic N) is 2. The number of aromatic nitrogens is 2. The summed E-state index contributed by atoms with van der Waals surface area (Å²) >= 11 is 3.21. The van der Waals surface area contributed by atoms with Crippen LogP contribution in [0.4, 0.5) is 4.39 Å². The molecule has 36 heavy (non-hydrogen) atoms. The van der Waals surface area contributed by atoms with Gasteiger partial charge in [-0.25, -0.2) is 9.18 Å². The van der Waals surface area contributed by atoms with Crippen LogP contribution in [0.3, 0.4) is 0 Å². The standard InChI is InChI=1S/C28H30BrFN2O3Si/c1-19(32-26(27(33)34-5)22-16-23(29)24(30)17-25(22)31-32)18-35-36(28(2,3)4,20-12-8-6-9-13-20)21-14-10-7-11-15-21/h6-17,19H,18H2,1-5H3/t19-/m0/s1. The van der Waals surface area contributed by atoms with E-state index in [1.54, 1.807) is 10.7 Å². The quantitative estimate of drug-likeness (QED) is 0.207. The van der Waals surface area contributed by atoms with Crippen molar-refractivity contribution in [3.63, 3.8) is 0 Å². The summed E-state index contributed by atoms with van der Waals surface area (Å²) in [7, 11) is -1.45. The molecule has 0 aliphatic carbocycles. The highest BCUT2D eigenvalue weighted by molar-refractivity contribution is 9.10. The first-order chi connectivity index (χ1) is 17.1. The molecular weight excluding hydrogens is 539 g/mol. The second-order valence-corrected chi connectivity index (χ2v) is 15.1. The molecule has 0 aliphatic rings. The number of benzene rings is 3. The Hall–Kier alpha value is -2.81. The predicted molar refractivity (Wildman–Crippen MR) is 147 cm³/mol. The van der Waals surface area contributed by atoms with Crippen LogP contribution < -0.4 is 10.4 Å². The van der Waals surface area contributed by atoms with Crippen molar-refractivity contribution >= 4 is 51.5 Å². The first-order valence-corrected chi connectivity index (χ1v) is 14.5. The van der Waals surface area contributed by atoms with Gasteiger partial charge in [-0.05, 0) is 44.3 Å². The number of rotatable bonds is 7. The molecule has 0 spiro atoms.